The topological polar surface area (TPSA) is 88.4 Å². The fraction of sp³-hybridized carbons (Fsp3) is 0.0870. The minimum absolute atomic E-state index is 0.153. The first-order chi connectivity index (χ1) is 14.7. The van der Waals surface area contributed by atoms with E-state index < -0.39 is 15.9 Å². The molecule has 0 unspecified atom stereocenters. The van der Waals surface area contributed by atoms with Gasteiger partial charge < -0.3 is 9.73 Å². The van der Waals surface area contributed by atoms with E-state index in [1.54, 1.807) is 68.4 Å². The summed E-state index contributed by atoms with van der Waals surface area (Å²) in [6.45, 7) is 3.56. The van der Waals surface area contributed by atoms with Crippen molar-refractivity contribution < 1.29 is 17.6 Å². The summed E-state index contributed by atoms with van der Waals surface area (Å²) in [5.74, 6) is -0.269. The molecular formula is C23H19ClN2O4S. The van der Waals surface area contributed by atoms with E-state index in [2.05, 4.69) is 10.0 Å². The van der Waals surface area contributed by atoms with E-state index in [4.69, 9.17) is 16.0 Å². The monoisotopic (exact) mass is 454 g/mol. The van der Waals surface area contributed by atoms with E-state index in [0.29, 0.717) is 33.1 Å². The van der Waals surface area contributed by atoms with Crippen LogP contribution in [0.25, 0.3) is 11.0 Å². The van der Waals surface area contributed by atoms with Crippen molar-refractivity contribution in [3.8, 4) is 0 Å². The van der Waals surface area contributed by atoms with Gasteiger partial charge in [0.1, 0.15) is 5.58 Å². The van der Waals surface area contributed by atoms with Crippen LogP contribution in [0.4, 0.5) is 11.4 Å². The Morgan fingerprint density at radius 1 is 0.968 bits per heavy atom. The maximum Gasteiger partial charge on any atom is 0.291 e. The van der Waals surface area contributed by atoms with Gasteiger partial charge in [0, 0.05) is 21.7 Å². The number of carbonyl (C=O) groups excluding carboxylic acids is 1. The van der Waals surface area contributed by atoms with Crippen molar-refractivity contribution in [1.82, 2.24) is 0 Å². The lowest BCUT2D eigenvalue weighted by molar-refractivity contribution is 0.0998. The second kappa shape index (κ2) is 8.09. The maximum atomic E-state index is 12.8. The number of amides is 1. The van der Waals surface area contributed by atoms with Crippen LogP contribution in [0, 0.1) is 13.8 Å². The smallest absolute Gasteiger partial charge is 0.291 e. The molecule has 0 aliphatic carbocycles. The number of halogens is 1. The van der Waals surface area contributed by atoms with E-state index in [9.17, 15) is 13.2 Å². The Labute approximate surface area is 184 Å². The van der Waals surface area contributed by atoms with Gasteiger partial charge >= 0.3 is 0 Å². The summed E-state index contributed by atoms with van der Waals surface area (Å²) in [5, 5.41) is 4.08. The van der Waals surface area contributed by atoms with Crippen LogP contribution in [-0.4, -0.2) is 14.3 Å². The number of aryl methyl sites for hydroxylation is 2. The number of benzene rings is 3. The van der Waals surface area contributed by atoms with Crippen LogP contribution in [0.2, 0.25) is 5.02 Å². The Bertz CT molecular complexity index is 1400. The summed E-state index contributed by atoms with van der Waals surface area (Å²) in [5.41, 5.74) is 2.75. The third kappa shape index (κ3) is 4.28. The van der Waals surface area contributed by atoms with Gasteiger partial charge in [0.15, 0.2) is 5.76 Å². The largest absolute Gasteiger partial charge is 0.451 e. The summed E-state index contributed by atoms with van der Waals surface area (Å²) in [6.07, 6.45) is 0. The zero-order chi connectivity index (χ0) is 22.2. The van der Waals surface area contributed by atoms with Crippen LogP contribution in [0.5, 0.6) is 0 Å². The average molecular weight is 455 g/mol. The van der Waals surface area contributed by atoms with Crippen molar-refractivity contribution in [1.29, 1.82) is 0 Å². The Hall–Kier alpha value is -3.29. The van der Waals surface area contributed by atoms with E-state index in [1.165, 1.54) is 12.1 Å². The summed E-state index contributed by atoms with van der Waals surface area (Å²) in [4.78, 5) is 13.0. The van der Waals surface area contributed by atoms with Crippen molar-refractivity contribution in [2.75, 3.05) is 10.0 Å². The molecule has 0 aliphatic heterocycles. The molecule has 8 heteroatoms. The van der Waals surface area contributed by atoms with Gasteiger partial charge in [-0.25, -0.2) is 8.42 Å². The summed E-state index contributed by atoms with van der Waals surface area (Å²) in [6, 6.07) is 18.2. The van der Waals surface area contributed by atoms with Crippen molar-refractivity contribution in [2.24, 2.45) is 0 Å². The number of hydrogen-bond acceptors (Lipinski definition) is 4. The summed E-state index contributed by atoms with van der Waals surface area (Å²) >= 11 is 6.04. The van der Waals surface area contributed by atoms with Gasteiger partial charge in [-0.15, -0.1) is 0 Å². The second-order valence-corrected chi connectivity index (χ2v) is 9.22. The molecule has 0 aliphatic rings. The van der Waals surface area contributed by atoms with Gasteiger partial charge in [-0.2, -0.15) is 0 Å². The number of rotatable bonds is 5. The predicted molar refractivity (Wildman–Crippen MR) is 122 cm³/mol. The molecule has 158 valence electrons. The lowest BCUT2D eigenvalue weighted by Gasteiger charge is -2.13. The van der Waals surface area contributed by atoms with Gasteiger partial charge in [-0.05, 0) is 61.9 Å². The first-order valence-corrected chi connectivity index (χ1v) is 11.3. The molecule has 0 spiro atoms. The van der Waals surface area contributed by atoms with Crippen LogP contribution in [0.3, 0.4) is 0 Å². The minimum Gasteiger partial charge on any atom is -0.451 e. The SMILES string of the molecule is Cc1ccc(NC(=O)c2oc3ccc(Cl)cc3c2C)cc1NS(=O)(=O)c1ccccc1. The van der Waals surface area contributed by atoms with E-state index in [-0.39, 0.29) is 10.7 Å². The van der Waals surface area contributed by atoms with Crippen LogP contribution in [-0.2, 0) is 10.0 Å². The molecule has 3 aromatic carbocycles. The zero-order valence-corrected chi connectivity index (χ0v) is 18.3. The lowest BCUT2D eigenvalue weighted by Crippen LogP contribution is -2.15. The summed E-state index contributed by atoms with van der Waals surface area (Å²) < 4.78 is 33.6. The van der Waals surface area contributed by atoms with Gasteiger partial charge in [-0.1, -0.05) is 35.9 Å². The molecule has 0 radical (unpaired) electrons. The molecule has 31 heavy (non-hydrogen) atoms. The third-order valence-electron chi connectivity index (χ3n) is 4.90. The molecule has 4 rings (SSSR count). The highest BCUT2D eigenvalue weighted by Crippen LogP contribution is 2.29. The highest BCUT2D eigenvalue weighted by atomic mass is 35.5. The molecule has 0 bridgehead atoms. The molecule has 1 amide bonds. The molecule has 0 saturated heterocycles. The highest BCUT2D eigenvalue weighted by Gasteiger charge is 2.19. The Kier molecular flexibility index (Phi) is 5.47. The van der Waals surface area contributed by atoms with Crippen LogP contribution < -0.4 is 10.0 Å². The average Bonchev–Trinajstić information content (AvgIpc) is 3.07. The van der Waals surface area contributed by atoms with E-state index in [1.807, 2.05) is 0 Å². The maximum absolute atomic E-state index is 12.8. The fourth-order valence-electron chi connectivity index (χ4n) is 3.21. The molecule has 6 nitrogen and oxygen atoms in total. The van der Waals surface area contributed by atoms with E-state index >= 15 is 0 Å². The first-order valence-electron chi connectivity index (χ1n) is 9.43. The van der Waals surface area contributed by atoms with Crippen LogP contribution in [0.1, 0.15) is 21.7 Å². The first kappa shape index (κ1) is 21.0. The quantitative estimate of drug-likeness (QED) is 0.401. The number of carbonyl (C=O) groups is 1. The van der Waals surface area contributed by atoms with Gasteiger partial charge in [0.2, 0.25) is 0 Å². The Morgan fingerprint density at radius 2 is 1.71 bits per heavy atom. The Balaban J connectivity index is 1.60. The number of anilines is 2. The molecule has 1 aromatic heterocycles. The normalized spacial score (nSPS) is 11.5. The molecule has 0 fully saturated rings. The highest BCUT2D eigenvalue weighted by molar-refractivity contribution is 7.92. The molecule has 0 atom stereocenters. The van der Waals surface area contributed by atoms with Gasteiger partial charge in [0.05, 0.1) is 10.6 Å². The third-order valence-corrected chi connectivity index (χ3v) is 6.51. The molecular weight excluding hydrogens is 436 g/mol. The molecule has 2 N–H and O–H groups in total. The van der Waals surface area contributed by atoms with E-state index in [0.717, 1.165) is 5.39 Å². The number of hydrogen-bond donors (Lipinski definition) is 2. The number of nitrogens with one attached hydrogen (secondary N) is 2. The second-order valence-electron chi connectivity index (χ2n) is 7.10. The van der Waals surface area contributed by atoms with Crippen molar-refractivity contribution in [3.05, 3.63) is 88.6 Å². The van der Waals surface area contributed by atoms with Gasteiger partial charge in [0.25, 0.3) is 15.9 Å². The molecule has 4 aromatic rings. The number of furan rings is 1. The minimum atomic E-state index is -3.76. The fourth-order valence-corrected chi connectivity index (χ4v) is 4.53. The van der Waals surface area contributed by atoms with Crippen molar-refractivity contribution in [2.45, 2.75) is 18.7 Å². The van der Waals surface area contributed by atoms with Crippen LogP contribution in [0.15, 0.2) is 76.0 Å². The van der Waals surface area contributed by atoms with Crippen molar-refractivity contribution >= 4 is 49.9 Å². The number of sulfonamides is 1. The number of fused-ring (bicyclic) bond motifs is 1. The summed E-state index contributed by atoms with van der Waals surface area (Å²) in [7, 11) is -3.76. The lowest BCUT2D eigenvalue weighted by atomic mass is 10.1. The van der Waals surface area contributed by atoms with Crippen LogP contribution >= 0.6 is 11.6 Å². The molecule has 1 heterocycles. The Morgan fingerprint density at radius 3 is 2.45 bits per heavy atom. The van der Waals surface area contributed by atoms with Crippen molar-refractivity contribution in [3.63, 3.8) is 0 Å². The predicted octanol–water partition coefficient (Wildman–Crippen LogP) is 5.76. The molecule has 0 saturated carbocycles. The standard InChI is InChI=1S/C23H19ClN2O4S/c1-14-8-10-17(13-20(14)26-31(28,29)18-6-4-3-5-7-18)25-23(27)22-15(2)19-12-16(24)9-11-21(19)30-22/h3-13,26H,1-2H3,(H,25,27). The van der Waals surface area contributed by atoms with Gasteiger partial charge in [-0.3, -0.25) is 9.52 Å². The zero-order valence-electron chi connectivity index (χ0n) is 16.8.